The minimum absolute atomic E-state index is 0.110. The van der Waals surface area contributed by atoms with Crippen LogP contribution in [0.2, 0.25) is 0 Å². The van der Waals surface area contributed by atoms with Gasteiger partial charge in [0, 0.05) is 0 Å². The Balaban J connectivity index is 4.38. The van der Waals surface area contributed by atoms with Crippen LogP contribution in [0.3, 0.4) is 0 Å². The van der Waals surface area contributed by atoms with Crippen LogP contribution in [0.15, 0.2) is 12.2 Å². The van der Waals surface area contributed by atoms with E-state index in [0.717, 1.165) is 0 Å². The van der Waals surface area contributed by atoms with Crippen molar-refractivity contribution < 1.29 is 19.1 Å². The fraction of sp³-hybridized carbons (Fsp3) is 0.667. The summed E-state index contributed by atoms with van der Waals surface area (Å²) in [5.41, 5.74) is -0.561. The van der Waals surface area contributed by atoms with Gasteiger partial charge in [0.15, 0.2) is 0 Å². The quantitative estimate of drug-likeness (QED) is 0.535. The summed E-state index contributed by atoms with van der Waals surface area (Å²) < 4.78 is 10.0. The van der Waals surface area contributed by atoms with Crippen LogP contribution in [0.5, 0.6) is 0 Å². The molecule has 0 aliphatic heterocycles. The highest BCUT2D eigenvalue weighted by Crippen LogP contribution is 2.15. The molecule has 0 spiro atoms. The first-order valence-electron chi connectivity index (χ1n) is 5.22. The number of hydrogen-bond acceptors (Lipinski definition) is 4. The largest absolute Gasteiger partial charge is 0.460 e. The molecule has 4 heteroatoms. The first kappa shape index (κ1) is 14.7. The minimum atomic E-state index is -1.25. The number of carbonyl (C=O) groups is 2. The second kappa shape index (κ2) is 5.68. The molecule has 0 rings (SSSR count). The maximum Gasteiger partial charge on any atom is 0.350 e. The molecule has 0 saturated heterocycles. The number of hydrogen-bond donors (Lipinski definition) is 0. The van der Waals surface area contributed by atoms with E-state index >= 15 is 0 Å². The van der Waals surface area contributed by atoms with E-state index in [9.17, 15) is 9.59 Å². The lowest BCUT2D eigenvalue weighted by atomic mass is 10.1. The molecule has 0 atom stereocenters. The summed E-state index contributed by atoms with van der Waals surface area (Å²) >= 11 is 0. The fourth-order valence-electron chi connectivity index (χ4n) is 0.965. The van der Waals surface area contributed by atoms with Crippen molar-refractivity contribution >= 4 is 11.9 Å². The maximum absolute atomic E-state index is 11.6. The van der Waals surface area contributed by atoms with Crippen LogP contribution in [0.1, 0.15) is 41.0 Å². The van der Waals surface area contributed by atoms with Gasteiger partial charge in [-0.25, -0.2) is 4.79 Å². The van der Waals surface area contributed by atoms with Gasteiger partial charge in [0.05, 0.1) is 12.5 Å². The molecule has 4 nitrogen and oxygen atoms in total. The van der Waals surface area contributed by atoms with Crippen LogP contribution in [0.25, 0.3) is 0 Å². The van der Waals surface area contributed by atoms with Gasteiger partial charge in [-0.05, 0) is 34.6 Å². The van der Waals surface area contributed by atoms with Crippen LogP contribution in [-0.4, -0.2) is 23.6 Å². The molecule has 16 heavy (non-hydrogen) atoms. The molecule has 0 aromatic heterocycles. The van der Waals surface area contributed by atoms with E-state index in [2.05, 4.69) is 6.58 Å². The van der Waals surface area contributed by atoms with Crippen molar-refractivity contribution in [3.05, 3.63) is 12.2 Å². The van der Waals surface area contributed by atoms with E-state index in [0.29, 0.717) is 5.57 Å². The second-order valence-electron chi connectivity index (χ2n) is 4.57. The lowest BCUT2D eigenvalue weighted by Crippen LogP contribution is -2.39. The van der Waals surface area contributed by atoms with Crippen LogP contribution < -0.4 is 0 Å². The Morgan fingerprint density at radius 2 is 1.81 bits per heavy atom. The van der Waals surface area contributed by atoms with Crippen molar-refractivity contribution in [2.24, 2.45) is 0 Å². The normalized spacial score (nSPS) is 11.1. The Morgan fingerprint density at radius 3 is 2.19 bits per heavy atom. The Morgan fingerprint density at radius 1 is 1.31 bits per heavy atom. The highest BCUT2D eigenvalue weighted by atomic mass is 16.6. The molecular formula is C12H20O4. The minimum Gasteiger partial charge on any atom is -0.460 e. The summed E-state index contributed by atoms with van der Waals surface area (Å²) in [4.78, 5) is 22.9. The van der Waals surface area contributed by atoms with E-state index in [1.807, 2.05) is 0 Å². The zero-order valence-electron chi connectivity index (χ0n) is 10.6. The average Bonchev–Trinajstić information content (AvgIpc) is 1.98. The van der Waals surface area contributed by atoms with Crippen LogP contribution >= 0.6 is 0 Å². The monoisotopic (exact) mass is 228 g/mol. The van der Waals surface area contributed by atoms with Gasteiger partial charge >= 0.3 is 11.9 Å². The fourth-order valence-corrected chi connectivity index (χ4v) is 0.965. The number of ether oxygens (including phenoxy) is 2. The van der Waals surface area contributed by atoms with Gasteiger partial charge in [0.1, 0.15) is 0 Å². The number of rotatable bonds is 5. The van der Waals surface area contributed by atoms with E-state index in [1.165, 1.54) is 13.8 Å². The van der Waals surface area contributed by atoms with Crippen LogP contribution in [-0.2, 0) is 19.1 Å². The third kappa shape index (κ3) is 5.53. The summed E-state index contributed by atoms with van der Waals surface area (Å²) in [6.45, 7) is 11.8. The summed E-state index contributed by atoms with van der Waals surface area (Å²) in [6, 6.07) is 0. The lowest BCUT2D eigenvalue weighted by Gasteiger charge is -2.24. The molecule has 0 aromatic rings. The average molecular weight is 228 g/mol. The summed E-state index contributed by atoms with van der Waals surface area (Å²) in [5.74, 6) is -1.02. The van der Waals surface area contributed by atoms with Gasteiger partial charge in [-0.2, -0.15) is 0 Å². The first-order chi connectivity index (χ1) is 7.15. The van der Waals surface area contributed by atoms with Crippen molar-refractivity contribution in [1.82, 2.24) is 0 Å². The molecule has 0 aliphatic carbocycles. The molecule has 0 aliphatic rings. The first-order valence-corrected chi connectivity index (χ1v) is 5.22. The molecule has 0 unspecified atom stereocenters. The molecule has 0 amide bonds. The third-order valence-corrected chi connectivity index (χ3v) is 1.65. The van der Waals surface area contributed by atoms with E-state index < -0.39 is 17.5 Å². The van der Waals surface area contributed by atoms with Gasteiger partial charge in [-0.1, -0.05) is 12.2 Å². The van der Waals surface area contributed by atoms with Gasteiger partial charge < -0.3 is 9.47 Å². The maximum atomic E-state index is 11.6. The van der Waals surface area contributed by atoms with Gasteiger partial charge in [0.2, 0.25) is 5.60 Å². The van der Waals surface area contributed by atoms with Gasteiger partial charge in [-0.3, -0.25) is 4.79 Å². The second-order valence-corrected chi connectivity index (χ2v) is 4.57. The molecule has 0 radical (unpaired) electrons. The molecule has 0 saturated carbocycles. The summed E-state index contributed by atoms with van der Waals surface area (Å²) in [5, 5.41) is 0. The molecule has 0 N–H and O–H groups in total. The molecular weight excluding hydrogens is 208 g/mol. The van der Waals surface area contributed by atoms with Gasteiger partial charge in [0.25, 0.3) is 0 Å². The molecule has 0 bridgehead atoms. The van der Waals surface area contributed by atoms with Crippen LogP contribution in [0.4, 0.5) is 0 Å². The van der Waals surface area contributed by atoms with E-state index in [-0.39, 0.29) is 12.5 Å². The zero-order chi connectivity index (χ0) is 12.9. The van der Waals surface area contributed by atoms with Crippen molar-refractivity contribution in [3.8, 4) is 0 Å². The highest BCUT2D eigenvalue weighted by molar-refractivity contribution is 5.83. The third-order valence-electron chi connectivity index (χ3n) is 1.65. The summed E-state index contributed by atoms with van der Waals surface area (Å²) in [7, 11) is 0. The highest BCUT2D eigenvalue weighted by Gasteiger charge is 2.34. The SMILES string of the molecule is C=C(C)CC(=O)OC(C)(C)C(=O)OC(C)C. The Kier molecular flexibility index (Phi) is 5.21. The molecule has 92 valence electrons. The zero-order valence-corrected chi connectivity index (χ0v) is 10.6. The summed E-state index contributed by atoms with van der Waals surface area (Å²) in [6.07, 6.45) is -0.120. The number of esters is 2. The smallest absolute Gasteiger partial charge is 0.350 e. The predicted octanol–water partition coefficient (Wildman–Crippen LogP) is 2.23. The Bertz CT molecular complexity index is 289. The molecule has 0 fully saturated rings. The standard InChI is InChI=1S/C12H20O4/c1-8(2)7-10(13)16-12(5,6)11(14)15-9(3)4/h9H,1,7H2,2-6H3. The van der Waals surface area contributed by atoms with E-state index in [4.69, 9.17) is 9.47 Å². The Labute approximate surface area is 96.6 Å². The van der Waals surface area contributed by atoms with Crippen molar-refractivity contribution in [1.29, 1.82) is 0 Å². The molecule has 0 aromatic carbocycles. The molecule has 0 heterocycles. The number of carbonyl (C=O) groups excluding carboxylic acids is 2. The van der Waals surface area contributed by atoms with Crippen molar-refractivity contribution in [2.75, 3.05) is 0 Å². The van der Waals surface area contributed by atoms with Crippen LogP contribution in [0, 0.1) is 0 Å². The van der Waals surface area contributed by atoms with Crippen molar-refractivity contribution in [2.45, 2.75) is 52.7 Å². The van der Waals surface area contributed by atoms with Crippen molar-refractivity contribution in [3.63, 3.8) is 0 Å². The van der Waals surface area contributed by atoms with E-state index in [1.54, 1.807) is 20.8 Å². The van der Waals surface area contributed by atoms with Gasteiger partial charge in [-0.15, -0.1) is 0 Å². The Hall–Kier alpha value is -1.32. The lowest BCUT2D eigenvalue weighted by molar-refractivity contribution is -0.180. The predicted molar refractivity (Wildman–Crippen MR) is 60.8 cm³/mol. The topological polar surface area (TPSA) is 52.6 Å².